The second kappa shape index (κ2) is 10.9. The second-order valence-electron chi connectivity index (χ2n) is 8.90. The molecule has 2 fully saturated rings. The quantitative estimate of drug-likeness (QED) is 0.561. The highest BCUT2D eigenvalue weighted by molar-refractivity contribution is 6.74. The van der Waals surface area contributed by atoms with Crippen molar-refractivity contribution in [3.05, 3.63) is 0 Å². The minimum absolute atomic E-state index is 0.291. The van der Waals surface area contributed by atoms with Crippen molar-refractivity contribution < 1.29 is 13.2 Å². The summed E-state index contributed by atoms with van der Waals surface area (Å²) in [6.07, 6.45) is 2.82. The van der Waals surface area contributed by atoms with E-state index in [9.17, 15) is 8.78 Å². The molecule has 0 aromatic rings. The maximum atomic E-state index is 13.0. The summed E-state index contributed by atoms with van der Waals surface area (Å²) in [6.45, 7) is 16.9. The Hall–Kier alpha value is -0.0431. The second-order valence-corrected chi connectivity index (χ2v) is 13.7. The fourth-order valence-electron chi connectivity index (χ4n) is 2.74. The Labute approximate surface area is 155 Å². The summed E-state index contributed by atoms with van der Waals surface area (Å²) in [7, 11) is -1.58. The van der Waals surface area contributed by atoms with Crippen LogP contribution in [0.1, 0.15) is 52.9 Å². The Bertz CT molecular complexity index is 350. The molecular weight excluding hydrogens is 338 g/mol. The Balaban J connectivity index is 0.000000370. The van der Waals surface area contributed by atoms with Gasteiger partial charge in [0.05, 0.1) is 0 Å². The van der Waals surface area contributed by atoms with Crippen LogP contribution in [0.25, 0.3) is 0 Å². The van der Waals surface area contributed by atoms with Gasteiger partial charge in [0.1, 0.15) is 12.3 Å². The minimum Gasteiger partial charge on any atom is -0.417 e. The number of rotatable bonds is 5. The smallest absolute Gasteiger partial charge is 0.191 e. The van der Waals surface area contributed by atoms with Crippen LogP contribution in [0.4, 0.5) is 8.78 Å². The van der Waals surface area contributed by atoms with Gasteiger partial charge < -0.3 is 14.6 Å². The van der Waals surface area contributed by atoms with Gasteiger partial charge in [0.2, 0.25) is 0 Å². The first-order chi connectivity index (χ1) is 11.6. The van der Waals surface area contributed by atoms with Crippen molar-refractivity contribution in [2.75, 3.05) is 39.3 Å². The molecule has 1 N–H and O–H groups in total. The molecule has 0 aliphatic carbocycles. The fraction of sp³-hybridized carbons (Fsp3) is 1.00. The number of halogens is 2. The monoisotopic (exact) mass is 378 g/mol. The maximum Gasteiger partial charge on any atom is 0.191 e. The highest BCUT2D eigenvalue weighted by atomic mass is 28.4. The summed E-state index contributed by atoms with van der Waals surface area (Å²) < 4.78 is 31.3. The van der Waals surface area contributed by atoms with Gasteiger partial charge in [-0.05, 0) is 63.3 Å². The van der Waals surface area contributed by atoms with Gasteiger partial charge in [-0.2, -0.15) is 0 Å². The van der Waals surface area contributed by atoms with Crippen LogP contribution in [0.5, 0.6) is 0 Å². The highest BCUT2D eigenvalue weighted by Gasteiger charge is 2.36. The van der Waals surface area contributed by atoms with E-state index in [1.807, 2.05) is 0 Å². The van der Waals surface area contributed by atoms with Crippen molar-refractivity contribution >= 4 is 8.32 Å². The van der Waals surface area contributed by atoms with Crippen molar-refractivity contribution in [1.29, 1.82) is 0 Å². The van der Waals surface area contributed by atoms with E-state index in [-0.39, 0.29) is 0 Å². The molecule has 2 rings (SSSR count). The standard InChI is InChI=1S/C14H30FNOSi.C5H10FN/c1-14(2,3)18(4,5)17-12-6-9-16-10-7-13(15)8-11-16;6-5-1-3-7-4-2-5/h13H,6-12H2,1-5H3;5,7H,1-4H2. The number of piperidine rings is 2. The number of likely N-dealkylation sites (tertiary alicyclic amines) is 1. The molecule has 0 amide bonds. The summed E-state index contributed by atoms with van der Waals surface area (Å²) in [5.74, 6) is 0. The molecule has 0 aromatic carbocycles. The van der Waals surface area contributed by atoms with Crippen molar-refractivity contribution in [3.8, 4) is 0 Å². The summed E-state index contributed by atoms with van der Waals surface area (Å²) in [5, 5.41) is 3.37. The molecule has 0 saturated carbocycles. The highest BCUT2D eigenvalue weighted by Crippen LogP contribution is 2.36. The minimum atomic E-state index is -1.58. The zero-order valence-electron chi connectivity index (χ0n) is 17.0. The fourth-order valence-corrected chi connectivity index (χ4v) is 3.83. The lowest BCUT2D eigenvalue weighted by molar-refractivity contribution is 0.142. The van der Waals surface area contributed by atoms with E-state index in [1.165, 1.54) is 0 Å². The average molecular weight is 379 g/mol. The lowest BCUT2D eigenvalue weighted by atomic mass is 10.1. The Morgan fingerprint density at radius 3 is 1.96 bits per heavy atom. The molecule has 0 bridgehead atoms. The number of nitrogens with zero attached hydrogens (tertiary/aromatic N) is 1. The molecule has 3 nitrogen and oxygen atoms in total. The number of hydrogen-bond acceptors (Lipinski definition) is 3. The first kappa shape index (κ1) is 23.0. The van der Waals surface area contributed by atoms with Crippen molar-refractivity contribution in [1.82, 2.24) is 10.2 Å². The van der Waals surface area contributed by atoms with Gasteiger partial charge >= 0.3 is 0 Å². The summed E-state index contributed by atoms with van der Waals surface area (Å²) in [5.41, 5.74) is 0. The lowest BCUT2D eigenvalue weighted by Gasteiger charge is -2.36. The lowest BCUT2D eigenvalue weighted by Crippen LogP contribution is -2.41. The molecule has 25 heavy (non-hydrogen) atoms. The predicted molar refractivity (Wildman–Crippen MR) is 105 cm³/mol. The zero-order valence-corrected chi connectivity index (χ0v) is 18.0. The van der Waals surface area contributed by atoms with Gasteiger partial charge in [-0.1, -0.05) is 20.8 Å². The van der Waals surface area contributed by atoms with E-state index in [2.05, 4.69) is 44.1 Å². The third-order valence-corrected chi connectivity index (χ3v) is 10.2. The van der Waals surface area contributed by atoms with Crippen LogP contribution in [0.2, 0.25) is 18.1 Å². The largest absolute Gasteiger partial charge is 0.417 e. The Morgan fingerprint density at radius 1 is 1.00 bits per heavy atom. The first-order valence-corrected chi connectivity index (χ1v) is 12.9. The molecule has 2 aliphatic heterocycles. The molecule has 2 aliphatic rings. The zero-order chi connectivity index (χ0) is 18.9. The molecule has 0 radical (unpaired) electrons. The van der Waals surface area contributed by atoms with Gasteiger partial charge in [-0.3, -0.25) is 0 Å². The summed E-state index contributed by atoms with van der Waals surface area (Å²) >= 11 is 0. The SMILES string of the molecule is CC(C)(C)[Si](C)(C)OCCCN1CCC(F)CC1.FC1CCNCC1. The maximum absolute atomic E-state index is 13.0. The van der Waals surface area contributed by atoms with Crippen LogP contribution < -0.4 is 5.32 Å². The van der Waals surface area contributed by atoms with Crippen molar-refractivity contribution in [3.63, 3.8) is 0 Å². The molecule has 150 valence electrons. The Morgan fingerprint density at radius 2 is 1.52 bits per heavy atom. The van der Waals surface area contributed by atoms with Crippen LogP contribution in [0, 0.1) is 0 Å². The Kier molecular flexibility index (Phi) is 10.1. The van der Waals surface area contributed by atoms with E-state index in [1.54, 1.807) is 0 Å². The van der Waals surface area contributed by atoms with Gasteiger partial charge in [-0.25, -0.2) is 8.78 Å². The normalized spacial score (nSPS) is 21.7. The van der Waals surface area contributed by atoms with Crippen molar-refractivity contribution in [2.24, 2.45) is 0 Å². The molecule has 0 aromatic heterocycles. The first-order valence-electron chi connectivity index (χ1n) is 9.97. The predicted octanol–water partition coefficient (Wildman–Crippen LogP) is 4.54. The molecule has 6 heteroatoms. The number of hydrogen-bond donors (Lipinski definition) is 1. The van der Waals surface area contributed by atoms with E-state index in [0.29, 0.717) is 30.7 Å². The average Bonchev–Trinajstić information content (AvgIpc) is 2.53. The van der Waals surface area contributed by atoms with Gasteiger partial charge in [-0.15, -0.1) is 0 Å². The molecule has 2 heterocycles. The van der Waals surface area contributed by atoms with Crippen LogP contribution in [0.15, 0.2) is 0 Å². The van der Waals surface area contributed by atoms with Crippen LogP contribution >= 0.6 is 0 Å². The third-order valence-electron chi connectivity index (χ3n) is 5.67. The van der Waals surface area contributed by atoms with E-state index < -0.39 is 20.7 Å². The van der Waals surface area contributed by atoms with Crippen LogP contribution in [-0.4, -0.2) is 64.9 Å². The van der Waals surface area contributed by atoms with Gasteiger partial charge in [0.25, 0.3) is 0 Å². The van der Waals surface area contributed by atoms with E-state index in [0.717, 1.165) is 45.8 Å². The van der Waals surface area contributed by atoms with Crippen LogP contribution in [-0.2, 0) is 4.43 Å². The molecular formula is C19H40F2N2OSi. The van der Waals surface area contributed by atoms with Crippen molar-refractivity contribution in [2.45, 2.75) is 83.4 Å². The molecule has 2 saturated heterocycles. The van der Waals surface area contributed by atoms with E-state index in [4.69, 9.17) is 4.43 Å². The third kappa shape index (κ3) is 9.45. The molecule has 0 atom stereocenters. The topological polar surface area (TPSA) is 24.5 Å². The molecule has 0 spiro atoms. The summed E-state index contributed by atoms with van der Waals surface area (Å²) in [4.78, 5) is 2.37. The molecule has 0 unspecified atom stereocenters. The summed E-state index contributed by atoms with van der Waals surface area (Å²) in [6, 6.07) is 0. The number of nitrogens with one attached hydrogen (secondary N) is 1. The van der Waals surface area contributed by atoms with Gasteiger partial charge in [0.15, 0.2) is 8.32 Å². The van der Waals surface area contributed by atoms with Gasteiger partial charge in [0, 0.05) is 26.2 Å². The number of alkyl halides is 2. The van der Waals surface area contributed by atoms with E-state index >= 15 is 0 Å². The van der Waals surface area contributed by atoms with Crippen LogP contribution in [0.3, 0.4) is 0 Å².